The largest absolute Gasteiger partial charge is 0.144 e. The second kappa shape index (κ2) is 8.93. The average molecular weight is 232 g/mol. The summed E-state index contributed by atoms with van der Waals surface area (Å²) in [5, 5.41) is 2.08. The van der Waals surface area contributed by atoms with Crippen LogP contribution in [0.25, 0.3) is 5.57 Å². The first-order chi connectivity index (χ1) is 7.83. The van der Waals surface area contributed by atoms with Crippen LogP contribution in [0.5, 0.6) is 0 Å². The van der Waals surface area contributed by atoms with E-state index in [4.69, 9.17) is 0 Å². The summed E-state index contributed by atoms with van der Waals surface area (Å²) < 4.78 is 0. The Bertz CT molecular complexity index is 364. The summed E-state index contributed by atoms with van der Waals surface area (Å²) in [5.41, 5.74) is 2.33. The van der Waals surface area contributed by atoms with Gasteiger partial charge in [0.1, 0.15) is 0 Å². The van der Waals surface area contributed by atoms with Crippen LogP contribution in [-0.2, 0) is 0 Å². The van der Waals surface area contributed by atoms with E-state index < -0.39 is 0 Å². The Kier molecular flexibility index (Phi) is 8.18. The van der Waals surface area contributed by atoms with Crippen molar-refractivity contribution in [1.29, 1.82) is 0 Å². The zero-order valence-electron chi connectivity index (χ0n) is 10.4. The molecule has 1 aromatic heterocycles. The van der Waals surface area contributed by atoms with E-state index in [1.54, 1.807) is 17.4 Å². The molecule has 1 heterocycles. The van der Waals surface area contributed by atoms with E-state index in [0.29, 0.717) is 0 Å². The molecule has 0 saturated carbocycles. The van der Waals surface area contributed by atoms with Gasteiger partial charge in [-0.25, -0.2) is 0 Å². The Balaban J connectivity index is 0.00000106. The van der Waals surface area contributed by atoms with Gasteiger partial charge in [0.05, 0.1) is 0 Å². The highest BCUT2D eigenvalue weighted by Gasteiger charge is 2.03. The molecule has 16 heavy (non-hydrogen) atoms. The van der Waals surface area contributed by atoms with Crippen molar-refractivity contribution in [2.75, 3.05) is 0 Å². The molecular formula is C15H20S. The third-order valence-corrected chi connectivity index (χ3v) is 2.81. The minimum Gasteiger partial charge on any atom is -0.144 e. The third-order valence-electron chi connectivity index (χ3n) is 1.90. The molecule has 1 aromatic rings. The summed E-state index contributed by atoms with van der Waals surface area (Å²) in [4.78, 5) is 1.26. The van der Waals surface area contributed by atoms with Crippen LogP contribution in [0.2, 0.25) is 0 Å². The fraction of sp³-hybridized carbons (Fsp3) is 0.200. The first-order valence-corrected chi connectivity index (χ1v) is 6.37. The highest BCUT2D eigenvalue weighted by atomic mass is 32.1. The standard InChI is InChI=1S/C13H14S.C2H6/c1-4-8-11(5-2)12(6-3)13-9-7-10-14-13;1-2/h4-10H,1-2H2,3H3;1-2H3/b11-8-,12-6+;. The highest BCUT2D eigenvalue weighted by Crippen LogP contribution is 2.27. The molecule has 0 amide bonds. The van der Waals surface area contributed by atoms with E-state index in [-0.39, 0.29) is 0 Å². The van der Waals surface area contributed by atoms with E-state index >= 15 is 0 Å². The van der Waals surface area contributed by atoms with Crippen LogP contribution in [-0.4, -0.2) is 0 Å². The molecular weight excluding hydrogens is 212 g/mol. The van der Waals surface area contributed by atoms with Gasteiger partial charge in [-0.15, -0.1) is 11.3 Å². The first-order valence-electron chi connectivity index (χ1n) is 5.49. The molecule has 0 fully saturated rings. The van der Waals surface area contributed by atoms with Crippen LogP contribution in [0.15, 0.2) is 60.5 Å². The average Bonchev–Trinajstić information content (AvgIpc) is 2.85. The zero-order chi connectivity index (χ0) is 12.4. The molecule has 0 atom stereocenters. The van der Waals surface area contributed by atoms with Gasteiger partial charge in [-0.3, -0.25) is 0 Å². The molecule has 0 saturated heterocycles. The predicted octanol–water partition coefficient (Wildman–Crippen LogP) is 5.48. The molecule has 86 valence electrons. The lowest BCUT2D eigenvalue weighted by Gasteiger charge is -2.04. The summed E-state index contributed by atoms with van der Waals surface area (Å²) in [6.07, 6.45) is 7.72. The second-order valence-electron chi connectivity index (χ2n) is 2.74. The van der Waals surface area contributed by atoms with Crippen molar-refractivity contribution in [2.24, 2.45) is 0 Å². The molecule has 0 nitrogen and oxygen atoms in total. The van der Waals surface area contributed by atoms with Gasteiger partial charge in [-0.1, -0.05) is 57.4 Å². The Hall–Kier alpha value is -1.34. The third kappa shape index (κ3) is 4.03. The van der Waals surface area contributed by atoms with Gasteiger partial charge < -0.3 is 0 Å². The topological polar surface area (TPSA) is 0 Å². The van der Waals surface area contributed by atoms with Crippen LogP contribution in [0.1, 0.15) is 25.6 Å². The normalized spacial score (nSPS) is 11.4. The van der Waals surface area contributed by atoms with Gasteiger partial charge in [0.2, 0.25) is 0 Å². The minimum absolute atomic E-state index is 1.12. The van der Waals surface area contributed by atoms with Crippen molar-refractivity contribution in [3.63, 3.8) is 0 Å². The van der Waals surface area contributed by atoms with Gasteiger partial charge in [-0.2, -0.15) is 0 Å². The summed E-state index contributed by atoms with van der Waals surface area (Å²) in [6, 6.07) is 4.17. The lowest BCUT2D eigenvalue weighted by Crippen LogP contribution is -1.82. The van der Waals surface area contributed by atoms with Crippen molar-refractivity contribution < 1.29 is 0 Å². The maximum atomic E-state index is 3.81. The molecule has 0 aliphatic heterocycles. The smallest absolute Gasteiger partial charge is 0.0345 e. The van der Waals surface area contributed by atoms with E-state index in [2.05, 4.69) is 36.7 Å². The number of thiophene rings is 1. The molecule has 0 spiro atoms. The van der Waals surface area contributed by atoms with E-state index in [0.717, 1.165) is 5.57 Å². The number of rotatable bonds is 4. The number of hydrogen-bond acceptors (Lipinski definition) is 1. The van der Waals surface area contributed by atoms with Gasteiger partial charge >= 0.3 is 0 Å². The predicted molar refractivity (Wildman–Crippen MR) is 77.8 cm³/mol. The molecule has 0 unspecified atom stereocenters. The molecule has 0 radical (unpaired) electrons. The lowest BCUT2D eigenvalue weighted by molar-refractivity contribution is 1.50. The monoisotopic (exact) mass is 232 g/mol. The van der Waals surface area contributed by atoms with E-state index in [1.807, 2.05) is 32.9 Å². The van der Waals surface area contributed by atoms with Crippen molar-refractivity contribution in [2.45, 2.75) is 20.8 Å². The second-order valence-corrected chi connectivity index (χ2v) is 3.69. The minimum atomic E-state index is 1.12. The Labute approximate surface area is 103 Å². The quantitative estimate of drug-likeness (QED) is 0.603. The SMILES string of the molecule is C=C/C=C(C=C)\C(=C/C)c1cccs1.CC. The van der Waals surface area contributed by atoms with Crippen LogP contribution in [0.3, 0.4) is 0 Å². The molecule has 0 N–H and O–H groups in total. The zero-order valence-corrected chi connectivity index (χ0v) is 11.2. The fourth-order valence-corrected chi connectivity index (χ4v) is 2.10. The lowest BCUT2D eigenvalue weighted by atomic mass is 10.0. The van der Waals surface area contributed by atoms with E-state index in [9.17, 15) is 0 Å². The highest BCUT2D eigenvalue weighted by molar-refractivity contribution is 7.11. The van der Waals surface area contributed by atoms with Crippen LogP contribution >= 0.6 is 11.3 Å². The number of allylic oxidation sites excluding steroid dienone is 6. The molecule has 1 rings (SSSR count). The van der Waals surface area contributed by atoms with Crippen LogP contribution in [0.4, 0.5) is 0 Å². The first kappa shape index (κ1) is 14.7. The Morgan fingerprint density at radius 1 is 1.31 bits per heavy atom. The summed E-state index contributed by atoms with van der Waals surface area (Å²) in [7, 11) is 0. The van der Waals surface area contributed by atoms with Crippen LogP contribution < -0.4 is 0 Å². The van der Waals surface area contributed by atoms with Gasteiger partial charge in [-0.05, 0) is 29.5 Å². The van der Waals surface area contributed by atoms with Crippen molar-refractivity contribution in [1.82, 2.24) is 0 Å². The van der Waals surface area contributed by atoms with Crippen molar-refractivity contribution in [3.8, 4) is 0 Å². The van der Waals surface area contributed by atoms with Gasteiger partial charge in [0, 0.05) is 4.88 Å². The molecule has 1 heteroatoms. The maximum Gasteiger partial charge on any atom is 0.0345 e. The van der Waals surface area contributed by atoms with Gasteiger partial charge in [0.25, 0.3) is 0 Å². The maximum absolute atomic E-state index is 3.81. The van der Waals surface area contributed by atoms with Crippen molar-refractivity contribution in [3.05, 3.63) is 65.4 Å². The van der Waals surface area contributed by atoms with Crippen molar-refractivity contribution >= 4 is 16.9 Å². The van der Waals surface area contributed by atoms with E-state index in [1.165, 1.54) is 10.5 Å². The molecule has 0 aromatic carbocycles. The van der Waals surface area contributed by atoms with Crippen LogP contribution in [0, 0.1) is 0 Å². The summed E-state index contributed by atoms with van der Waals surface area (Å²) >= 11 is 1.73. The Morgan fingerprint density at radius 2 is 2.00 bits per heavy atom. The summed E-state index contributed by atoms with van der Waals surface area (Å²) in [5.74, 6) is 0. The van der Waals surface area contributed by atoms with Gasteiger partial charge in [0.15, 0.2) is 0 Å². The number of hydrogen-bond donors (Lipinski definition) is 0. The molecule has 0 bridgehead atoms. The fourth-order valence-electron chi connectivity index (χ4n) is 1.28. The molecule has 0 aliphatic carbocycles. The molecule has 0 aliphatic rings. The summed E-state index contributed by atoms with van der Waals surface area (Å²) in [6.45, 7) is 13.5. The Morgan fingerprint density at radius 3 is 2.38 bits per heavy atom.